The van der Waals surface area contributed by atoms with Crippen molar-refractivity contribution in [3.63, 3.8) is 0 Å². The number of fused-ring (bicyclic) bond motifs is 1. The van der Waals surface area contributed by atoms with Crippen molar-refractivity contribution >= 4 is 16.8 Å². The molecule has 3 N–H and O–H groups in total. The third-order valence-corrected chi connectivity index (χ3v) is 4.52. The van der Waals surface area contributed by atoms with Crippen molar-refractivity contribution in [3.8, 4) is 18.1 Å². The number of aromatic nitrogens is 1. The van der Waals surface area contributed by atoms with Gasteiger partial charge in [-0.2, -0.15) is 0 Å². The van der Waals surface area contributed by atoms with E-state index in [1.807, 2.05) is 13.8 Å². The third-order valence-electron chi connectivity index (χ3n) is 4.52. The molecule has 1 aromatic heterocycles. The zero-order valence-electron chi connectivity index (χ0n) is 16.3. The van der Waals surface area contributed by atoms with Gasteiger partial charge < -0.3 is 20.1 Å². The highest BCUT2D eigenvalue weighted by atomic mass is 19.1. The maximum Gasteiger partial charge on any atom is 0.255 e. The summed E-state index contributed by atoms with van der Waals surface area (Å²) in [5.74, 6) is 2.13. The van der Waals surface area contributed by atoms with E-state index in [0.29, 0.717) is 23.3 Å². The molecule has 1 heterocycles. The molecule has 3 rings (SSSR count). The number of H-pyrrole nitrogens is 1. The fourth-order valence-corrected chi connectivity index (χ4v) is 3.20. The van der Waals surface area contributed by atoms with Gasteiger partial charge in [0, 0.05) is 17.1 Å². The molecule has 0 spiro atoms. The minimum atomic E-state index is -0.564. The number of carbonyl (C=O) groups is 1. The number of amides is 1. The van der Waals surface area contributed by atoms with Gasteiger partial charge in [-0.3, -0.25) is 4.79 Å². The fraction of sp³-hybridized carbons (Fsp3) is 0.261. The molecule has 1 unspecified atom stereocenters. The lowest BCUT2D eigenvalue weighted by Gasteiger charge is -2.19. The Morgan fingerprint density at radius 1 is 1.34 bits per heavy atom. The van der Waals surface area contributed by atoms with Crippen LogP contribution in [0.1, 0.15) is 35.3 Å². The van der Waals surface area contributed by atoms with Crippen molar-refractivity contribution in [2.75, 3.05) is 6.61 Å². The van der Waals surface area contributed by atoms with E-state index in [1.54, 1.807) is 30.5 Å². The lowest BCUT2D eigenvalue weighted by atomic mass is 10.0. The lowest BCUT2D eigenvalue weighted by Crippen LogP contribution is -2.39. The summed E-state index contributed by atoms with van der Waals surface area (Å²) in [5, 5.41) is 13.3. The number of nitrogens with one attached hydrogen (secondary N) is 2. The molecular formula is C23H23FN2O3. The Bertz CT molecular complexity index is 1070. The number of hydrogen-bond acceptors (Lipinski definition) is 3. The summed E-state index contributed by atoms with van der Waals surface area (Å²) in [4.78, 5) is 16.0. The van der Waals surface area contributed by atoms with Gasteiger partial charge in [-0.25, -0.2) is 4.39 Å². The molecule has 0 aliphatic carbocycles. The molecule has 1 amide bonds. The number of rotatable bonds is 7. The molecule has 0 bridgehead atoms. The van der Waals surface area contributed by atoms with Crippen LogP contribution in [0.4, 0.5) is 4.39 Å². The summed E-state index contributed by atoms with van der Waals surface area (Å²) < 4.78 is 19.4. The summed E-state index contributed by atoms with van der Waals surface area (Å²) in [6, 6.07) is 8.92. The molecular weight excluding hydrogens is 371 g/mol. The van der Waals surface area contributed by atoms with Gasteiger partial charge in [-0.15, -0.1) is 6.42 Å². The van der Waals surface area contributed by atoms with E-state index in [4.69, 9.17) is 11.2 Å². The monoisotopic (exact) mass is 394 g/mol. The van der Waals surface area contributed by atoms with Gasteiger partial charge in [0.15, 0.2) is 0 Å². The number of carbonyl (C=O) groups excluding carboxylic acids is 1. The highest BCUT2D eigenvalue weighted by Gasteiger charge is 2.20. The number of hydrogen-bond donors (Lipinski definition) is 3. The number of benzene rings is 2. The maximum absolute atomic E-state index is 13.6. The molecule has 29 heavy (non-hydrogen) atoms. The normalized spacial score (nSPS) is 12.0. The minimum absolute atomic E-state index is 0.161. The molecule has 0 saturated carbocycles. The van der Waals surface area contributed by atoms with Crippen LogP contribution in [0.3, 0.4) is 0 Å². The van der Waals surface area contributed by atoms with E-state index in [9.17, 15) is 14.3 Å². The zero-order chi connectivity index (χ0) is 21.0. The van der Waals surface area contributed by atoms with Crippen LogP contribution < -0.4 is 10.1 Å². The molecule has 150 valence electrons. The number of para-hydroxylation sites is 1. The van der Waals surface area contributed by atoms with Gasteiger partial charge in [0.1, 0.15) is 11.6 Å². The summed E-state index contributed by atoms with van der Waals surface area (Å²) in [6.07, 6.45) is 7.47. The van der Waals surface area contributed by atoms with E-state index in [0.717, 1.165) is 16.5 Å². The molecule has 0 radical (unpaired) electrons. The minimum Gasteiger partial charge on any atom is -0.489 e. The van der Waals surface area contributed by atoms with Gasteiger partial charge >= 0.3 is 0 Å². The van der Waals surface area contributed by atoms with Crippen molar-refractivity contribution in [2.45, 2.75) is 32.4 Å². The Labute approximate surface area is 168 Å². The quantitative estimate of drug-likeness (QED) is 0.538. The molecule has 0 aliphatic heterocycles. The topological polar surface area (TPSA) is 74.4 Å². The Kier molecular flexibility index (Phi) is 6.20. The molecule has 2 aromatic carbocycles. The average Bonchev–Trinajstić information content (AvgIpc) is 3.08. The Hall–Kier alpha value is -3.30. The van der Waals surface area contributed by atoms with Crippen LogP contribution in [0.5, 0.6) is 5.75 Å². The van der Waals surface area contributed by atoms with Crippen LogP contribution in [0.2, 0.25) is 0 Å². The van der Waals surface area contributed by atoms with Gasteiger partial charge in [0.2, 0.25) is 0 Å². The lowest BCUT2D eigenvalue weighted by molar-refractivity contribution is 0.0910. The predicted octanol–water partition coefficient (Wildman–Crippen LogP) is 3.41. The maximum atomic E-state index is 13.6. The number of aliphatic hydroxyl groups excluding tert-OH is 1. The van der Waals surface area contributed by atoms with Crippen LogP contribution in [0, 0.1) is 18.2 Å². The SMILES string of the molecule is C#Cc1cccc(C(=O)NC(CO)Cc2c[nH]c3ccc(F)cc23)c1OC(C)C. The molecule has 6 heteroatoms. The Balaban J connectivity index is 1.83. The number of ether oxygens (including phenoxy) is 1. The van der Waals surface area contributed by atoms with Crippen molar-refractivity contribution in [1.82, 2.24) is 10.3 Å². The zero-order valence-corrected chi connectivity index (χ0v) is 16.3. The van der Waals surface area contributed by atoms with E-state index < -0.39 is 11.9 Å². The Morgan fingerprint density at radius 2 is 2.14 bits per heavy atom. The van der Waals surface area contributed by atoms with Crippen LogP contribution in [0.15, 0.2) is 42.6 Å². The molecule has 0 saturated heterocycles. The number of halogens is 1. The van der Waals surface area contributed by atoms with Crippen molar-refractivity contribution in [2.24, 2.45) is 0 Å². The van der Waals surface area contributed by atoms with E-state index in [-0.39, 0.29) is 18.5 Å². The first-order valence-corrected chi connectivity index (χ1v) is 9.36. The van der Waals surface area contributed by atoms with Gasteiger partial charge in [-0.1, -0.05) is 12.0 Å². The van der Waals surface area contributed by atoms with Crippen LogP contribution in [-0.2, 0) is 6.42 Å². The number of aliphatic hydroxyl groups is 1. The summed E-state index contributed by atoms with van der Waals surface area (Å²) in [5.41, 5.74) is 2.38. The summed E-state index contributed by atoms with van der Waals surface area (Å²) >= 11 is 0. The summed E-state index contributed by atoms with van der Waals surface area (Å²) in [7, 11) is 0. The van der Waals surface area contributed by atoms with Gasteiger partial charge in [0.25, 0.3) is 5.91 Å². The second-order valence-corrected chi connectivity index (χ2v) is 7.05. The average molecular weight is 394 g/mol. The molecule has 5 nitrogen and oxygen atoms in total. The predicted molar refractivity (Wildman–Crippen MR) is 110 cm³/mol. The van der Waals surface area contributed by atoms with E-state index in [1.165, 1.54) is 12.1 Å². The van der Waals surface area contributed by atoms with Crippen LogP contribution >= 0.6 is 0 Å². The third kappa shape index (κ3) is 4.58. The van der Waals surface area contributed by atoms with Crippen LogP contribution in [-0.4, -0.2) is 34.8 Å². The van der Waals surface area contributed by atoms with Crippen LogP contribution in [0.25, 0.3) is 10.9 Å². The van der Waals surface area contributed by atoms with Crippen molar-refractivity contribution in [1.29, 1.82) is 0 Å². The molecule has 3 aromatic rings. The number of aromatic amines is 1. The van der Waals surface area contributed by atoms with Crippen molar-refractivity contribution in [3.05, 3.63) is 65.1 Å². The fourth-order valence-electron chi connectivity index (χ4n) is 3.20. The van der Waals surface area contributed by atoms with E-state index in [2.05, 4.69) is 16.2 Å². The van der Waals surface area contributed by atoms with Gasteiger partial charge in [-0.05, 0) is 56.2 Å². The number of terminal acetylenes is 1. The first-order valence-electron chi connectivity index (χ1n) is 9.36. The van der Waals surface area contributed by atoms with E-state index >= 15 is 0 Å². The molecule has 0 fully saturated rings. The highest BCUT2D eigenvalue weighted by Crippen LogP contribution is 2.25. The summed E-state index contributed by atoms with van der Waals surface area (Å²) in [6.45, 7) is 3.42. The van der Waals surface area contributed by atoms with Gasteiger partial charge in [0.05, 0.1) is 29.9 Å². The highest BCUT2D eigenvalue weighted by molar-refractivity contribution is 5.98. The Morgan fingerprint density at radius 3 is 2.83 bits per heavy atom. The standard InChI is InChI=1S/C23H23FN2O3/c1-4-15-6-5-7-19(22(15)29-14(2)3)23(28)26-18(13-27)10-16-12-25-21-9-8-17(24)11-20(16)21/h1,5-9,11-12,14,18,25,27H,10,13H2,2-3H3,(H,26,28). The second kappa shape index (κ2) is 8.80. The first-order chi connectivity index (χ1) is 13.9. The largest absolute Gasteiger partial charge is 0.489 e. The second-order valence-electron chi connectivity index (χ2n) is 7.05. The molecule has 0 aliphatic rings. The first kappa shape index (κ1) is 20.4. The van der Waals surface area contributed by atoms with Crippen molar-refractivity contribution < 1.29 is 19.0 Å². The molecule has 1 atom stereocenters. The smallest absolute Gasteiger partial charge is 0.255 e.